The number of rotatable bonds is 7. The topological polar surface area (TPSA) is 45.6 Å². The van der Waals surface area contributed by atoms with E-state index >= 15 is 0 Å². The van der Waals surface area contributed by atoms with Crippen LogP contribution < -0.4 is 4.74 Å². The number of para-hydroxylation sites is 1. The normalized spacial score (nSPS) is 11.2. The fourth-order valence-electron chi connectivity index (χ4n) is 2.24. The molecule has 0 spiro atoms. The molecule has 108 valence electrons. The monoisotopic (exact) mass is 274 g/mol. The SMILES string of the molecule is CCN(CC)CCOc1cc(CO)c2ccccc2n1. The Balaban J connectivity index is 2.10. The minimum Gasteiger partial charge on any atom is -0.476 e. The molecule has 0 fully saturated rings. The molecule has 4 heteroatoms. The third kappa shape index (κ3) is 3.46. The fraction of sp³-hybridized carbons (Fsp3) is 0.438. The molecule has 0 bridgehead atoms. The van der Waals surface area contributed by atoms with Crippen molar-refractivity contribution in [3.63, 3.8) is 0 Å². The molecule has 1 heterocycles. The van der Waals surface area contributed by atoms with Crippen LogP contribution in [0, 0.1) is 0 Å². The van der Waals surface area contributed by atoms with Crippen LogP contribution in [0.25, 0.3) is 10.9 Å². The highest BCUT2D eigenvalue weighted by molar-refractivity contribution is 5.82. The van der Waals surface area contributed by atoms with E-state index in [0.29, 0.717) is 12.5 Å². The lowest BCUT2D eigenvalue weighted by molar-refractivity contribution is 0.217. The summed E-state index contributed by atoms with van der Waals surface area (Å²) < 4.78 is 5.73. The maximum absolute atomic E-state index is 9.46. The molecule has 0 saturated carbocycles. The Bertz CT molecular complexity index is 553. The highest BCUT2D eigenvalue weighted by atomic mass is 16.5. The van der Waals surface area contributed by atoms with Crippen LogP contribution in [0.3, 0.4) is 0 Å². The van der Waals surface area contributed by atoms with Crippen molar-refractivity contribution in [1.82, 2.24) is 9.88 Å². The van der Waals surface area contributed by atoms with E-state index < -0.39 is 0 Å². The van der Waals surface area contributed by atoms with Gasteiger partial charge in [-0.1, -0.05) is 32.0 Å². The Morgan fingerprint density at radius 1 is 1.20 bits per heavy atom. The summed E-state index contributed by atoms with van der Waals surface area (Å²) in [6.07, 6.45) is 0. The van der Waals surface area contributed by atoms with Crippen molar-refractivity contribution in [2.45, 2.75) is 20.5 Å². The van der Waals surface area contributed by atoms with Gasteiger partial charge in [0.1, 0.15) is 6.61 Å². The minimum absolute atomic E-state index is 0.00453. The number of aliphatic hydroxyl groups excluding tert-OH is 1. The number of ether oxygens (including phenoxy) is 1. The van der Waals surface area contributed by atoms with Crippen LogP contribution in [-0.2, 0) is 6.61 Å². The summed E-state index contributed by atoms with van der Waals surface area (Å²) in [5.74, 6) is 0.583. The molecule has 0 aliphatic heterocycles. The molecule has 2 rings (SSSR count). The molecule has 0 atom stereocenters. The molecule has 0 aliphatic rings. The van der Waals surface area contributed by atoms with Crippen LogP contribution >= 0.6 is 0 Å². The summed E-state index contributed by atoms with van der Waals surface area (Å²) in [5, 5.41) is 10.4. The Morgan fingerprint density at radius 3 is 2.65 bits per heavy atom. The summed E-state index contributed by atoms with van der Waals surface area (Å²) in [4.78, 5) is 6.78. The van der Waals surface area contributed by atoms with Crippen LogP contribution in [0.4, 0.5) is 0 Å². The predicted octanol–water partition coefficient (Wildman–Crippen LogP) is 2.45. The van der Waals surface area contributed by atoms with Gasteiger partial charge >= 0.3 is 0 Å². The summed E-state index contributed by atoms with van der Waals surface area (Å²) in [6.45, 7) is 7.81. The first-order valence-electron chi connectivity index (χ1n) is 7.13. The minimum atomic E-state index is -0.00453. The van der Waals surface area contributed by atoms with Crippen molar-refractivity contribution in [2.75, 3.05) is 26.2 Å². The van der Waals surface area contributed by atoms with Crippen LogP contribution in [0.1, 0.15) is 19.4 Å². The van der Waals surface area contributed by atoms with E-state index in [0.717, 1.165) is 36.1 Å². The third-order valence-electron chi connectivity index (χ3n) is 3.50. The quantitative estimate of drug-likeness (QED) is 0.842. The van der Waals surface area contributed by atoms with Gasteiger partial charge in [-0.2, -0.15) is 0 Å². The largest absolute Gasteiger partial charge is 0.476 e. The van der Waals surface area contributed by atoms with Crippen LogP contribution in [0.5, 0.6) is 5.88 Å². The summed E-state index contributed by atoms with van der Waals surface area (Å²) >= 11 is 0. The maximum atomic E-state index is 9.46. The Kier molecular flexibility index (Phi) is 5.32. The van der Waals surface area contributed by atoms with Crippen LogP contribution in [0.15, 0.2) is 30.3 Å². The first-order valence-corrected chi connectivity index (χ1v) is 7.13. The number of fused-ring (bicyclic) bond motifs is 1. The highest BCUT2D eigenvalue weighted by Gasteiger charge is 2.06. The molecule has 1 N–H and O–H groups in total. The fourth-order valence-corrected chi connectivity index (χ4v) is 2.24. The summed E-state index contributed by atoms with van der Waals surface area (Å²) in [6, 6.07) is 9.62. The van der Waals surface area contributed by atoms with Gasteiger partial charge in [-0.15, -0.1) is 0 Å². The number of pyridine rings is 1. The second-order valence-corrected chi connectivity index (χ2v) is 4.67. The van der Waals surface area contributed by atoms with Gasteiger partial charge in [0.25, 0.3) is 0 Å². The average Bonchev–Trinajstić information content (AvgIpc) is 2.50. The van der Waals surface area contributed by atoms with Gasteiger partial charge in [-0.25, -0.2) is 4.98 Å². The van der Waals surface area contributed by atoms with Gasteiger partial charge in [0.2, 0.25) is 5.88 Å². The van der Waals surface area contributed by atoms with Crippen LogP contribution in [0.2, 0.25) is 0 Å². The summed E-state index contributed by atoms with van der Waals surface area (Å²) in [5.41, 5.74) is 1.71. The van der Waals surface area contributed by atoms with Gasteiger partial charge < -0.3 is 14.7 Å². The second kappa shape index (κ2) is 7.22. The molecule has 0 saturated heterocycles. The first kappa shape index (κ1) is 14.8. The molecule has 20 heavy (non-hydrogen) atoms. The van der Waals surface area contributed by atoms with E-state index in [-0.39, 0.29) is 6.61 Å². The van der Waals surface area contributed by atoms with E-state index in [2.05, 4.69) is 23.7 Å². The molecule has 1 aromatic carbocycles. The smallest absolute Gasteiger partial charge is 0.214 e. The number of likely N-dealkylation sites (N-methyl/N-ethyl adjacent to an activating group) is 1. The number of aromatic nitrogens is 1. The molecule has 1 aromatic heterocycles. The van der Waals surface area contributed by atoms with Crippen molar-refractivity contribution in [2.24, 2.45) is 0 Å². The van der Waals surface area contributed by atoms with Crippen LogP contribution in [-0.4, -0.2) is 41.2 Å². The third-order valence-corrected chi connectivity index (χ3v) is 3.50. The van der Waals surface area contributed by atoms with Gasteiger partial charge in [-0.3, -0.25) is 0 Å². The second-order valence-electron chi connectivity index (χ2n) is 4.67. The van der Waals surface area contributed by atoms with Crippen molar-refractivity contribution in [1.29, 1.82) is 0 Å². The average molecular weight is 274 g/mol. The Hall–Kier alpha value is -1.65. The van der Waals surface area contributed by atoms with Gasteiger partial charge in [0.05, 0.1) is 12.1 Å². The predicted molar refractivity (Wildman–Crippen MR) is 80.9 cm³/mol. The Morgan fingerprint density at radius 2 is 1.95 bits per heavy atom. The standard InChI is InChI=1S/C16H22N2O2/c1-3-18(4-2)9-10-20-16-11-13(12-19)14-7-5-6-8-15(14)17-16/h5-8,11,19H,3-4,9-10,12H2,1-2H3. The van der Waals surface area contributed by atoms with Gasteiger partial charge in [0, 0.05) is 18.0 Å². The zero-order valence-corrected chi connectivity index (χ0v) is 12.2. The Labute approximate surface area is 120 Å². The zero-order chi connectivity index (χ0) is 14.4. The molecule has 0 amide bonds. The number of benzene rings is 1. The van der Waals surface area contributed by atoms with Crippen molar-refractivity contribution in [3.05, 3.63) is 35.9 Å². The van der Waals surface area contributed by atoms with E-state index in [4.69, 9.17) is 4.74 Å². The van der Waals surface area contributed by atoms with E-state index in [9.17, 15) is 5.11 Å². The number of hydrogen-bond acceptors (Lipinski definition) is 4. The van der Waals surface area contributed by atoms with Gasteiger partial charge in [0.15, 0.2) is 0 Å². The van der Waals surface area contributed by atoms with Gasteiger partial charge in [-0.05, 0) is 24.7 Å². The van der Waals surface area contributed by atoms with E-state index in [1.807, 2.05) is 30.3 Å². The summed E-state index contributed by atoms with van der Waals surface area (Å²) in [7, 11) is 0. The van der Waals surface area contributed by atoms with Crippen molar-refractivity contribution in [3.8, 4) is 5.88 Å². The first-order chi connectivity index (χ1) is 9.78. The maximum Gasteiger partial charge on any atom is 0.214 e. The van der Waals surface area contributed by atoms with Crippen molar-refractivity contribution < 1.29 is 9.84 Å². The molecule has 2 aromatic rings. The van der Waals surface area contributed by atoms with E-state index in [1.165, 1.54) is 0 Å². The number of nitrogens with zero attached hydrogens (tertiary/aromatic N) is 2. The molecule has 0 unspecified atom stereocenters. The van der Waals surface area contributed by atoms with Crippen molar-refractivity contribution >= 4 is 10.9 Å². The lowest BCUT2D eigenvalue weighted by atomic mass is 10.1. The number of hydrogen-bond donors (Lipinski definition) is 1. The molecular weight excluding hydrogens is 252 g/mol. The molecule has 4 nitrogen and oxygen atoms in total. The molecular formula is C16H22N2O2. The lowest BCUT2D eigenvalue weighted by Gasteiger charge is -2.18. The molecule has 0 aliphatic carbocycles. The highest BCUT2D eigenvalue weighted by Crippen LogP contribution is 2.21. The molecule has 0 radical (unpaired) electrons. The lowest BCUT2D eigenvalue weighted by Crippen LogP contribution is -2.28. The number of aliphatic hydroxyl groups is 1. The zero-order valence-electron chi connectivity index (χ0n) is 12.2. The van der Waals surface area contributed by atoms with E-state index in [1.54, 1.807) is 0 Å².